The van der Waals surface area contributed by atoms with Crippen LogP contribution in [0.3, 0.4) is 0 Å². The summed E-state index contributed by atoms with van der Waals surface area (Å²) in [6.07, 6.45) is 2.27. The molecule has 172 valence electrons. The van der Waals surface area contributed by atoms with Gasteiger partial charge in [0.15, 0.2) is 5.96 Å². The second kappa shape index (κ2) is 13.3. The largest absolute Gasteiger partial charge is 0.363 e. The number of benzene rings is 1. The molecular weight excluding hydrogens is 517 g/mol. The Labute approximate surface area is 209 Å². The van der Waals surface area contributed by atoms with E-state index in [1.807, 2.05) is 11.3 Å². The van der Waals surface area contributed by atoms with E-state index in [-0.39, 0.29) is 24.0 Å². The van der Waals surface area contributed by atoms with E-state index in [0.717, 1.165) is 45.0 Å². The van der Waals surface area contributed by atoms with Crippen LogP contribution in [0.2, 0.25) is 0 Å². The number of nitrogens with zero attached hydrogens (tertiary/aromatic N) is 3. The number of nitrogens with one attached hydrogen (secondary N) is 2. The maximum absolute atomic E-state index is 4.92. The zero-order chi connectivity index (χ0) is 21.3. The molecule has 2 N–H and O–H groups in total. The van der Waals surface area contributed by atoms with Gasteiger partial charge in [-0.2, -0.15) is 0 Å². The normalized spacial score (nSPS) is 15.3. The molecule has 0 amide bonds. The third kappa shape index (κ3) is 7.95. The molecule has 31 heavy (non-hydrogen) atoms. The molecule has 2 aromatic rings. The number of halogens is 1. The Hall–Kier alpha value is -1.32. The van der Waals surface area contributed by atoms with Crippen LogP contribution in [0.25, 0.3) is 0 Å². The minimum atomic E-state index is 0. The molecule has 0 bridgehead atoms. The van der Waals surface area contributed by atoms with Gasteiger partial charge in [0.2, 0.25) is 0 Å². The molecular formula is C24H38IN5S. The molecule has 7 heteroatoms. The highest BCUT2D eigenvalue weighted by Crippen LogP contribution is 2.24. The maximum atomic E-state index is 4.92. The number of anilines is 1. The summed E-state index contributed by atoms with van der Waals surface area (Å²) in [6, 6.07) is 14.0. The van der Waals surface area contributed by atoms with E-state index in [1.165, 1.54) is 16.1 Å². The zero-order valence-corrected chi connectivity index (χ0v) is 22.5. The van der Waals surface area contributed by atoms with Crippen LogP contribution in [0.5, 0.6) is 0 Å². The summed E-state index contributed by atoms with van der Waals surface area (Å²) in [4.78, 5) is 9.79. The smallest absolute Gasteiger partial charge is 0.191 e. The van der Waals surface area contributed by atoms with Crippen LogP contribution in [0, 0.1) is 0 Å². The van der Waals surface area contributed by atoms with Crippen molar-refractivity contribution in [2.75, 3.05) is 31.6 Å². The third-order valence-electron chi connectivity index (χ3n) is 5.83. The van der Waals surface area contributed by atoms with Crippen LogP contribution in [-0.2, 0) is 13.1 Å². The standard InChI is InChI=1S/C24H37N5S.HI/c1-5-25-24(27-22-12-14-29(15-13-22)23-11-8-16-30-23)26-17-20-9-6-7-10-21(20)18-28(4)19(2)3;/h6-11,16,19,22H,5,12-15,17-18H2,1-4H3,(H2,25,26,27);1H. The summed E-state index contributed by atoms with van der Waals surface area (Å²) in [6.45, 7) is 11.3. The van der Waals surface area contributed by atoms with Gasteiger partial charge in [-0.3, -0.25) is 4.90 Å². The Morgan fingerprint density at radius 2 is 1.87 bits per heavy atom. The first-order chi connectivity index (χ1) is 14.6. The van der Waals surface area contributed by atoms with Crippen molar-refractivity contribution >= 4 is 46.3 Å². The van der Waals surface area contributed by atoms with Crippen molar-refractivity contribution in [3.05, 3.63) is 52.9 Å². The van der Waals surface area contributed by atoms with E-state index in [0.29, 0.717) is 18.6 Å². The molecule has 1 aromatic carbocycles. The third-order valence-corrected chi connectivity index (χ3v) is 6.75. The Morgan fingerprint density at radius 1 is 1.16 bits per heavy atom. The molecule has 0 saturated carbocycles. The first-order valence-electron chi connectivity index (χ1n) is 11.2. The molecule has 5 nitrogen and oxygen atoms in total. The quantitative estimate of drug-likeness (QED) is 0.276. The molecule has 2 heterocycles. The molecule has 0 radical (unpaired) electrons. The molecule has 1 saturated heterocycles. The summed E-state index contributed by atoms with van der Waals surface area (Å²) in [5.74, 6) is 0.930. The summed E-state index contributed by atoms with van der Waals surface area (Å²) < 4.78 is 0. The van der Waals surface area contributed by atoms with Crippen LogP contribution in [-0.4, -0.2) is 49.6 Å². The molecule has 1 aliphatic heterocycles. The predicted octanol–water partition coefficient (Wildman–Crippen LogP) is 4.93. The van der Waals surface area contributed by atoms with Gasteiger partial charge in [-0.05, 0) is 69.3 Å². The first kappa shape index (κ1) is 25.9. The fourth-order valence-electron chi connectivity index (χ4n) is 3.69. The SMILES string of the molecule is CCNC(=NCc1ccccc1CN(C)C(C)C)NC1CCN(c2cccs2)CC1.I. The van der Waals surface area contributed by atoms with Gasteiger partial charge in [0, 0.05) is 38.3 Å². The van der Waals surface area contributed by atoms with Gasteiger partial charge in [0.25, 0.3) is 0 Å². The molecule has 3 rings (SSSR count). The van der Waals surface area contributed by atoms with E-state index >= 15 is 0 Å². The van der Waals surface area contributed by atoms with Crippen molar-refractivity contribution in [3.8, 4) is 0 Å². The Morgan fingerprint density at radius 3 is 2.48 bits per heavy atom. The summed E-state index contributed by atoms with van der Waals surface area (Å²) in [5.41, 5.74) is 2.66. The highest BCUT2D eigenvalue weighted by molar-refractivity contribution is 14.0. The number of hydrogen-bond donors (Lipinski definition) is 2. The Bertz CT molecular complexity index is 785. The molecule has 0 aliphatic carbocycles. The van der Waals surface area contributed by atoms with Gasteiger partial charge in [0.1, 0.15) is 0 Å². The van der Waals surface area contributed by atoms with Crippen molar-refractivity contribution in [2.24, 2.45) is 4.99 Å². The van der Waals surface area contributed by atoms with Crippen molar-refractivity contribution in [1.29, 1.82) is 0 Å². The Balaban J connectivity index is 0.00000341. The van der Waals surface area contributed by atoms with Gasteiger partial charge < -0.3 is 15.5 Å². The number of rotatable bonds is 8. The van der Waals surface area contributed by atoms with E-state index < -0.39 is 0 Å². The van der Waals surface area contributed by atoms with Crippen molar-refractivity contribution in [2.45, 2.75) is 58.8 Å². The average Bonchev–Trinajstić information content (AvgIpc) is 3.28. The van der Waals surface area contributed by atoms with Gasteiger partial charge in [-0.1, -0.05) is 24.3 Å². The molecule has 1 fully saturated rings. The topological polar surface area (TPSA) is 42.9 Å². The van der Waals surface area contributed by atoms with Gasteiger partial charge in [0.05, 0.1) is 11.5 Å². The maximum Gasteiger partial charge on any atom is 0.191 e. The number of guanidine groups is 1. The van der Waals surface area contributed by atoms with E-state index in [4.69, 9.17) is 4.99 Å². The van der Waals surface area contributed by atoms with Crippen LogP contribution in [0.15, 0.2) is 46.8 Å². The van der Waals surface area contributed by atoms with Crippen LogP contribution >= 0.6 is 35.3 Å². The number of piperidine rings is 1. The molecule has 1 aromatic heterocycles. The second-order valence-electron chi connectivity index (χ2n) is 8.33. The summed E-state index contributed by atoms with van der Waals surface area (Å²) in [7, 11) is 2.18. The van der Waals surface area contributed by atoms with Gasteiger partial charge in [-0.25, -0.2) is 4.99 Å². The minimum Gasteiger partial charge on any atom is -0.363 e. The first-order valence-corrected chi connectivity index (χ1v) is 12.0. The fourth-order valence-corrected chi connectivity index (χ4v) is 4.47. The van der Waals surface area contributed by atoms with Crippen molar-refractivity contribution in [1.82, 2.24) is 15.5 Å². The van der Waals surface area contributed by atoms with E-state index in [1.54, 1.807) is 0 Å². The Kier molecular flexibility index (Phi) is 11.1. The predicted molar refractivity (Wildman–Crippen MR) is 146 cm³/mol. The second-order valence-corrected chi connectivity index (χ2v) is 9.26. The lowest BCUT2D eigenvalue weighted by Crippen LogP contribution is -2.48. The summed E-state index contributed by atoms with van der Waals surface area (Å²) >= 11 is 1.83. The number of thiophene rings is 1. The molecule has 1 aliphatic rings. The highest BCUT2D eigenvalue weighted by atomic mass is 127. The molecule has 0 atom stereocenters. The van der Waals surface area contributed by atoms with Crippen molar-refractivity contribution in [3.63, 3.8) is 0 Å². The highest BCUT2D eigenvalue weighted by Gasteiger charge is 2.20. The van der Waals surface area contributed by atoms with Crippen LogP contribution in [0.1, 0.15) is 44.7 Å². The summed E-state index contributed by atoms with van der Waals surface area (Å²) in [5, 5.41) is 10.7. The zero-order valence-electron chi connectivity index (χ0n) is 19.3. The van der Waals surface area contributed by atoms with Gasteiger partial charge in [-0.15, -0.1) is 35.3 Å². The lowest BCUT2D eigenvalue weighted by atomic mass is 10.1. The van der Waals surface area contributed by atoms with Crippen LogP contribution in [0.4, 0.5) is 5.00 Å². The minimum absolute atomic E-state index is 0. The van der Waals surface area contributed by atoms with Gasteiger partial charge >= 0.3 is 0 Å². The monoisotopic (exact) mass is 555 g/mol. The van der Waals surface area contributed by atoms with Crippen molar-refractivity contribution < 1.29 is 0 Å². The molecule has 0 spiro atoms. The molecule has 0 unspecified atom stereocenters. The van der Waals surface area contributed by atoms with E-state index in [2.05, 4.69) is 90.0 Å². The average molecular weight is 556 g/mol. The number of aliphatic imine (C=N–C) groups is 1. The fraction of sp³-hybridized carbons (Fsp3) is 0.542. The number of hydrogen-bond acceptors (Lipinski definition) is 4. The lowest BCUT2D eigenvalue weighted by molar-refractivity contribution is 0.265. The van der Waals surface area contributed by atoms with E-state index in [9.17, 15) is 0 Å². The van der Waals surface area contributed by atoms with Crippen LogP contribution < -0.4 is 15.5 Å². The lowest BCUT2D eigenvalue weighted by Gasteiger charge is -2.33.